The van der Waals surface area contributed by atoms with E-state index in [2.05, 4.69) is 10.2 Å². The maximum absolute atomic E-state index is 3.76. The summed E-state index contributed by atoms with van der Waals surface area (Å²) in [6.45, 7) is 0. The van der Waals surface area contributed by atoms with Gasteiger partial charge in [0.15, 0.2) is 0 Å². The average Bonchev–Trinajstić information content (AvgIpc) is 2.05. The first-order chi connectivity index (χ1) is 4.97. The van der Waals surface area contributed by atoms with Crippen molar-refractivity contribution in [2.45, 2.75) is 0 Å². The molecule has 2 rings (SSSR count). The Morgan fingerprint density at radius 3 is 1.73 bits per heavy atom. The van der Waals surface area contributed by atoms with Crippen molar-refractivity contribution < 1.29 is 20.1 Å². The van der Waals surface area contributed by atoms with Crippen LogP contribution < -0.4 is 0 Å². The van der Waals surface area contributed by atoms with Gasteiger partial charge in [-0.1, -0.05) is 24.3 Å². The van der Waals surface area contributed by atoms with Crippen LogP contribution in [0.3, 0.4) is 0 Å². The topological polar surface area (TPSA) is 25.8 Å². The molecule has 0 aliphatic heterocycles. The summed E-state index contributed by atoms with van der Waals surface area (Å²) in [5, 5.41) is 9.80. The molecule has 2 nitrogen and oxygen atoms in total. The summed E-state index contributed by atoms with van der Waals surface area (Å²) in [4.78, 5) is 0. The van der Waals surface area contributed by atoms with Crippen LogP contribution in [0.2, 0.25) is 0 Å². The second-order valence-corrected chi connectivity index (χ2v) is 2.12. The molecule has 1 aromatic heterocycles. The number of rotatable bonds is 0. The van der Waals surface area contributed by atoms with Gasteiger partial charge in [0, 0.05) is 30.9 Å². The Kier molecular flexibility index (Phi) is 2.69. The zero-order valence-corrected chi connectivity index (χ0v) is 8.09. The molecular weight excluding hydrogens is 316 g/mol. The molecule has 57 valence electrons. The van der Waals surface area contributed by atoms with Gasteiger partial charge in [0.05, 0.1) is 12.4 Å². The normalized spacial score (nSPS) is 9.09. The Hall–Kier alpha value is -0.791. The van der Waals surface area contributed by atoms with Crippen molar-refractivity contribution in [1.29, 1.82) is 0 Å². The third-order valence-corrected chi connectivity index (χ3v) is 1.46. The van der Waals surface area contributed by atoms with Gasteiger partial charge in [-0.05, 0) is 0 Å². The van der Waals surface area contributed by atoms with Crippen LogP contribution in [-0.4, -0.2) is 10.2 Å². The van der Waals surface area contributed by atoms with Crippen LogP contribution in [0.15, 0.2) is 36.7 Å². The Balaban J connectivity index is 0.000000605. The van der Waals surface area contributed by atoms with E-state index in [0.29, 0.717) is 0 Å². The first kappa shape index (κ1) is 8.31. The van der Waals surface area contributed by atoms with E-state index < -0.39 is 0 Å². The maximum Gasteiger partial charge on any atom is 0.0574 e. The molecule has 1 aromatic carbocycles. The third kappa shape index (κ3) is 1.62. The van der Waals surface area contributed by atoms with E-state index in [0.717, 1.165) is 10.8 Å². The molecule has 0 unspecified atom stereocenters. The van der Waals surface area contributed by atoms with Crippen molar-refractivity contribution in [2.24, 2.45) is 0 Å². The number of hydrogen-bond donors (Lipinski definition) is 0. The van der Waals surface area contributed by atoms with Crippen LogP contribution in [0.4, 0.5) is 0 Å². The van der Waals surface area contributed by atoms with E-state index in [1.807, 2.05) is 24.3 Å². The van der Waals surface area contributed by atoms with Crippen molar-refractivity contribution in [3.05, 3.63) is 36.7 Å². The Labute approximate surface area is 78.0 Å². The molecule has 2 aromatic rings. The minimum Gasteiger partial charge on any atom is -0.158 e. The first-order valence-electron chi connectivity index (χ1n) is 3.12. The molecule has 0 atom stereocenters. The summed E-state index contributed by atoms with van der Waals surface area (Å²) < 4.78 is 0. The molecule has 3 heteroatoms. The smallest absolute Gasteiger partial charge is 0.0574 e. The fourth-order valence-corrected chi connectivity index (χ4v) is 0.937. The van der Waals surface area contributed by atoms with Gasteiger partial charge in [0.1, 0.15) is 0 Å². The number of nitrogens with zero attached hydrogens (tertiary/aromatic N) is 2. The minimum atomic E-state index is 0. The van der Waals surface area contributed by atoms with E-state index in [1.165, 1.54) is 0 Å². The number of hydrogen-bond acceptors (Lipinski definition) is 2. The molecular formula is C8H6IrN2. The summed E-state index contributed by atoms with van der Waals surface area (Å²) in [6, 6.07) is 8.02. The summed E-state index contributed by atoms with van der Waals surface area (Å²) in [7, 11) is 0. The Morgan fingerprint density at radius 2 is 1.27 bits per heavy atom. The fraction of sp³-hybridized carbons (Fsp3) is 0. The second kappa shape index (κ2) is 3.56. The summed E-state index contributed by atoms with van der Waals surface area (Å²) >= 11 is 0. The van der Waals surface area contributed by atoms with Crippen molar-refractivity contribution >= 4 is 10.8 Å². The number of aromatic nitrogens is 2. The average molecular weight is 322 g/mol. The minimum absolute atomic E-state index is 0. The summed E-state index contributed by atoms with van der Waals surface area (Å²) in [5.41, 5.74) is 0. The van der Waals surface area contributed by atoms with Crippen molar-refractivity contribution in [1.82, 2.24) is 10.2 Å². The van der Waals surface area contributed by atoms with Gasteiger partial charge < -0.3 is 0 Å². The molecule has 0 bridgehead atoms. The molecule has 0 aliphatic rings. The molecule has 0 aliphatic carbocycles. The fourth-order valence-electron chi connectivity index (χ4n) is 0.937. The predicted molar refractivity (Wildman–Crippen MR) is 39.5 cm³/mol. The predicted octanol–water partition coefficient (Wildman–Crippen LogP) is 1.63. The van der Waals surface area contributed by atoms with Crippen LogP contribution >= 0.6 is 0 Å². The van der Waals surface area contributed by atoms with Gasteiger partial charge in [-0.3, -0.25) is 0 Å². The van der Waals surface area contributed by atoms with Gasteiger partial charge in [0.2, 0.25) is 0 Å². The van der Waals surface area contributed by atoms with E-state index in [1.54, 1.807) is 12.4 Å². The molecule has 1 heterocycles. The SMILES string of the molecule is [Ir].c1ccc2cnncc2c1. The molecule has 0 amide bonds. The molecule has 0 saturated carbocycles. The van der Waals surface area contributed by atoms with Crippen molar-refractivity contribution in [3.8, 4) is 0 Å². The molecule has 0 N–H and O–H groups in total. The number of benzene rings is 1. The van der Waals surface area contributed by atoms with Crippen LogP contribution in [0, 0.1) is 0 Å². The van der Waals surface area contributed by atoms with Crippen LogP contribution in [0.1, 0.15) is 0 Å². The van der Waals surface area contributed by atoms with Crippen LogP contribution in [0.5, 0.6) is 0 Å². The van der Waals surface area contributed by atoms with Gasteiger partial charge >= 0.3 is 0 Å². The second-order valence-electron chi connectivity index (χ2n) is 2.12. The van der Waals surface area contributed by atoms with Crippen LogP contribution in [-0.2, 0) is 20.1 Å². The van der Waals surface area contributed by atoms with Crippen LogP contribution in [0.25, 0.3) is 10.8 Å². The summed E-state index contributed by atoms with van der Waals surface area (Å²) in [6.07, 6.45) is 3.52. The standard InChI is InChI=1S/C8H6N2.Ir/c1-2-4-8-6-10-9-5-7(8)3-1;/h1-6H;. The van der Waals surface area contributed by atoms with E-state index in [-0.39, 0.29) is 20.1 Å². The van der Waals surface area contributed by atoms with Gasteiger partial charge in [0.25, 0.3) is 0 Å². The zero-order chi connectivity index (χ0) is 6.81. The molecule has 11 heavy (non-hydrogen) atoms. The van der Waals surface area contributed by atoms with Gasteiger partial charge in [-0.15, -0.1) is 0 Å². The first-order valence-corrected chi connectivity index (χ1v) is 3.12. The van der Waals surface area contributed by atoms with Crippen molar-refractivity contribution in [2.75, 3.05) is 0 Å². The van der Waals surface area contributed by atoms with Gasteiger partial charge in [-0.2, -0.15) is 10.2 Å². The Morgan fingerprint density at radius 1 is 0.818 bits per heavy atom. The monoisotopic (exact) mass is 323 g/mol. The maximum atomic E-state index is 3.76. The van der Waals surface area contributed by atoms with E-state index >= 15 is 0 Å². The summed E-state index contributed by atoms with van der Waals surface area (Å²) in [5.74, 6) is 0. The molecule has 0 fully saturated rings. The largest absolute Gasteiger partial charge is 0.158 e. The Bertz CT molecular complexity index is 283. The zero-order valence-electron chi connectivity index (χ0n) is 5.69. The van der Waals surface area contributed by atoms with Gasteiger partial charge in [-0.25, -0.2) is 0 Å². The van der Waals surface area contributed by atoms with E-state index in [4.69, 9.17) is 0 Å². The molecule has 0 saturated heterocycles. The molecule has 1 radical (unpaired) electrons. The molecule has 0 spiro atoms. The van der Waals surface area contributed by atoms with Crippen molar-refractivity contribution in [3.63, 3.8) is 0 Å². The third-order valence-electron chi connectivity index (χ3n) is 1.46. The number of fused-ring (bicyclic) bond motifs is 1. The quantitative estimate of drug-likeness (QED) is 0.737. The van der Waals surface area contributed by atoms with E-state index in [9.17, 15) is 0 Å².